The molecule has 6 rings (SSSR count). The third kappa shape index (κ3) is 3.71. The number of aldehydes is 1. The minimum atomic E-state index is -0.981. The summed E-state index contributed by atoms with van der Waals surface area (Å²) in [4.78, 5) is 27.1. The van der Waals surface area contributed by atoms with Gasteiger partial charge in [0.1, 0.15) is 22.0 Å². The Hall–Kier alpha value is -4.52. The third-order valence-electron chi connectivity index (χ3n) is 5.34. The Morgan fingerprint density at radius 2 is 2.09 bits per heavy atom. The molecule has 0 aliphatic carbocycles. The summed E-state index contributed by atoms with van der Waals surface area (Å²) in [5.74, 6) is -0.946. The molecule has 6 aromatic rings. The van der Waals surface area contributed by atoms with Crippen LogP contribution >= 0.6 is 11.5 Å². The second kappa shape index (κ2) is 8.06. The quantitative estimate of drug-likeness (QED) is 0.337. The van der Waals surface area contributed by atoms with Gasteiger partial charge in [0.2, 0.25) is 0 Å². The predicted molar refractivity (Wildman–Crippen MR) is 125 cm³/mol. The molecule has 0 saturated heterocycles. The average molecular weight is 491 g/mol. The maximum atomic E-state index is 14.0. The van der Waals surface area contributed by atoms with E-state index in [9.17, 15) is 13.6 Å². The number of carbonyl (C=O) groups excluding carboxylic acids is 1. The molecule has 0 atom stereocenters. The number of hydrogen-bond donors (Lipinski definition) is 2. The van der Waals surface area contributed by atoms with Crippen molar-refractivity contribution >= 4 is 45.3 Å². The number of nitrogens with one attached hydrogen (secondary N) is 2. The number of nitrogens with zero attached hydrogens (tertiary/aromatic N) is 7. The van der Waals surface area contributed by atoms with Gasteiger partial charge in [-0.25, -0.2) is 23.7 Å². The van der Waals surface area contributed by atoms with Gasteiger partial charge in [-0.15, -0.1) is 0 Å². The molecule has 0 radical (unpaired) electrons. The number of rotatable bonds is 6. The summed E-state index contributed by atoms with van der Waals surface area (Å²) in [6.07, 6.45) is 7.77. The van der Waals surface area contributed by atoms with Gasteiger partial charge in [-0.05, 0) is 30.6 Å². The van der Waals surface area contributed by atoms with Crippen molar-refractivity contribution in [1.29, 1.82) is 0 Å². The van der Waals surface area contributed by atoms with E-state index in [0.29, 0.717) is 39.8 Å². The maximum absolute atomic E-state index is 14.0. The fourth-order valence-corrected chi connectivity index (χ4v) is 4.42. The first-order valence-electron chi connectivity index (χ1n) is 10.4. The molecule has 0 spiro atoms. The molecule has 2 N–H and O–H groups in total. The normalized spacial score (nSPS) is 11.5. The predicted octanol–water partition coefficient (Wildman–Crippen LogP) is 4.12. The van der Waals surface area contributed by atoms with Crippen LogP contribution in [-0.4, -0.2) is 44.8 Å². The fourth-order valence-electron chi connectivity index (χ4n) is 3.81. The fraction of sp³-hybridized carbons (Fsp3) is 0.0909. The first kappa shape index (κ1) is 21.0. The SMILES string of the molecule is Cc1cn2c(-c3cnn(Cc4nc5c(F)c(F)ccc5[nH]4)c3)cnc2c(Nc2cc(C=O)ns2)n1. The van der Waals surface area contributed by atoms with E-state index in [4.69, 9.17) is 0 Å². The minimum absolute atomic E-state index is 0.0432. The van der Waals surface area contributed by atoms with Crippen molar-refractivity contribution in [2.45, 2.75) is 13.5 Å². The topological polar surface area (TPSA) is 119 Å². The van der Waals surface area contributed by atoms with Gasteiger partial charge < -0.3 is 10.3 Å². The number of anilines is 2. The van der Waals surface area contributed by atoms with Crippen molar-refractivity contribution in [2.24, 2.45) is 0 Å². The van der Waals surface area contributed by atoms with Crippen LogP contribution in [0.4, 0.5) is 19.6 Å². The Labute approximate surface area is 199 Å². The number of H-pyrrole nitrogens is 1. The summed E-state index contributed by atoms with van der Waals surface area (Å²) in [5.41, 5.74) is 3.64. The van der Waals surface area contributed by atoms with Crippen molar-refractivity contribution in [2.75, 3.05) is 5.32 Å². The number of imidazole rings is 2. The van der Waals surface area contributed by atoms with Crippen molar-refractivity contribution < 1.29 is 13.6 Å². The van der Waals surface area contributed by atoms with Crippen LogP contribution in [0.1, 0.15) is 22.0 Å². The summed E-state index contributed by atoms with van der Waals surface area (Å²) in [7, 11) is 0. The summed E-state index contributed by atoms with van der Waals surface area (Å²) in [5, 5.41) is 8.24. The standard InChI is InChI=1S/C22H15F2N9OS/c1-11-7-33-16(6-25-22(33)21(27-11)30-18-4-13(10-34)31-35-18)12-5-26-32(8-12)9-17-28-15-3-2-14(23)19(24)20(15)29-17/h2-8,10H,9H2,1H3,(H,27,30)(H,28,29). The Kier molecular flexibility index (Phi) is 4.84. The highest BCUT2D eigenvalue weighted by Crippen LogP contribution is 2.27. The van der Waals surface area contributed by atoms with Gasteiger partial charge in [0.05, 0.1) is 35.8 Å². The van der Waals surface area contributed by atoms with Crippen molar-refractivity contribution in [3.63, 3.8) is 0 Å². The van der Waals surface area contributed by atoms with Crippen molar-refractivity contribution in [3.05, 3.63) is 71.8 Å². The zero-order chi connectivity index (χ0) is 24.1. The van der Waals surface area contributed by atoms with E-state index in [1.165, 1.54) is 6.07 Å². The molecule has 35 heavy (non-hydrogen) atoms. The molecule has 5 heterocycles. The van der Waals surface area contributed by atoms with Crippen LogP contribution in [0.2, 0.25) is 0 Å². The zero-order valence-corrected chi connectivity index (χ0v) is 18.8. The van der Waals surface area contributed by atoms with Gasteiger partial charge >= 0.3 is 0 Å². The second-order valence-electron chi connectivity index (χ2n) is 7.79. The average Bonchev–Trinajstić information content (AvgIpc) is 3.62. The smallest absolute Gasteiger partial charge is 0.186 e. The minimum Gasteiger partial charge on any atom is -0.340 e. The number of carbonyl (C=O) groups is 1. The van der Waals surface area contributed by atoms with Crippen LogP contribution in [0.5, 0.6) is 0 Å². The Balaban J connectivity index is 1.31. The van der Waals surface area contributed by atoms with Crippen LogP contribution in [0.15, 0.2) is 43.0 Å². The maximum Gasteiger partial charge on any atom is 0.186 e. The molecular formula is C22H15F2N9OS. The first-order chi connectivity index (χ1) is 17.0. The number of aryl methyl sites for hydroxylation is 1. The van der Waals surface area contributed by atoms with Gasteiger partial charge in [-0.2, -0.15) is 9.47 Å². The number of halogens is 2. The molecule has 0 unspecified atom stereocenters. The zero-order valence-electron chi connectivity index (χ0n) is 18.0. The number of fused-ring (bicyclic) bond motifs is 2. The second-order valence-corrected chi connectivity index (χ2v) is 8.60. The first-order valence-corrected chi connectivity index (χ1v) is 11.1. The largest absolute Gasteiger partial charge is 0.340 e. The summed E-state index contributed by atoms with van der Waals surface area (Å²) in [6, 6.07) is 4.15. The summed E-state index contributed by atoms with van der Waals surface area (Å²) < 4.78 is 35.1. The van der Waals surface area contributed by atoms with E-state index in [1.54, 1.807) is 23.1 Å². The Morgan fingerprint density at radius 3 is 2.91 bits per heavy atom. The molecule has 0 amide bonds. The Morgan fingerprint density at radius 1 is 1.20 bits per heavy atom. The van der Waals surface area contributed by atoms with Gasteiger partial charge in [0.25, 0.3) is 0 Å². The van der Waals surface area contributed by atoms with E-state index < -0.39 is 11.6 Å². The molecule has 13 heteroatoms. The lowest BCUT2D eigenvalue weighted by atomic mass is 10.3. The number of aromatic amines is 1. The van der Waals surface area contributed by atoms with Gasteiger partial charge in [0.15, 0.2) is 29.4 Å². The molecule has 1 aromatic carbocycles. The molecule has 0 fully saturated rings. The molecular weight excluding hydrogens is 476 g/mol. The summed E-state index contributed by atoms with van der Waals surface area (Å²) >= 11 is 1.16. The molecule has 0 bridgehead atoms. The number of aromatic nitrogens is 8. The molecule has 0 saturated carbocycles. The van der Waals surface area contributed by atoms with E-state index in [1.807, 2.05) is 23.7 Å². The van der Waals surface area contributed by atoms with E-state index in [-0.39, 0.29) is 12.1 Å². The molecule has 0 aliphatic rings. The Bertz CT molecular complexity index is 1730. The van der Waals surface area contributed by atoms with E-state index in [0.717, 1.165) is 34.6 Å². The van der Waals surface area contributed by atoms with Crippen LogP contribution < -0.4 is 5.32 Å². The molecule has 0 aliphatic heterocycles. The van der Waals surface area contributed by atoms with E-state index >= 15 is 0 Å². The lowest BCUT2D eigenvalue weighted by Crippen LogP contribution is -2.01. The molecule has 5 aromatic heterocycles. The van der Waals surface area contributed by atoms with Crippen LogP contribution in [-0.2, 0) is 6.54 Å². The highest BCUT2D eigenvalue weighted by Gasteiger charge is 2.16. The van der Waals surface area contributed by atoms with Gasteiger partial charge in [-0.1, -0.05) is 0 Å². The van der Waals surface area contributed by atoms with E-state index in [2.05, 4.69) is 34.7 Å². The lowest BCUT2D eigenvalue weighted by molar-refractivity contribution is 0.112. The van der Waals surface area contributed by atoms with Gasteiger partial charge in [-0.3, -0.25) is 13.9 Å². The van der Waals surface area contributed by atoms with Crippen molar-refractivity contribution in [3.8, 4) is 11.3 Å². The van der Waals surface area contributed by atoms with Crippen LogP contribution in [0.25, 0.3) is 27.9 Å². The monoisotopic (exact) mass is 491 g/mol. The molecule has 10 nitrogen and oxygen atoms in total. The highest BCUT2D eigenvalue weighted by atomic mass is 32.1. The third-order valence-corrected chi connectivity index (χ3v) is 6.06. The number of hydrogen-bond acceptors (Lipinski definition) is 8. The van der Waals surface area contributed by atoms with Crippen LogP contribution in [0, 0.1) is 18.6 Å². The highest BCUT2D eigenvalue weighted by molar-refractivity contribution is 7.10. The lowest BCUT2D eigenvalue weighted by Gasteiger charge is -2.07. The number of benzene rings is 1. The van der Waals surface area contributed by atoms with Gasteiger partial charge in [0, 0.05) is 24.0 Å². The summed E-state index contributed by atoms with van der Waals surface area (Å²) in [6.45, 7) is 2.11. The molecule has 174 valence electrons. The van der Waals surface area contributed by atoms with Crippen molar-refractivity contribution in [1.82, 2.24) is 38.5 Å². The van der Waals surface area contributed by atoms with Crippen LogP contribution in [0.3, 0.4) is 0 Å².